The van der Waals surface area contributed by atoms with Crippen LogP contribution >= 0.6 is 23.4 Å². The van der Waals surface area contributed by atoms with Crippen molar-refractivity contribution in [2.24, 2.45) is 0 Å². The van der Waals surface area contributed by atoms with Crippen LogP contribution in [0.3, 0.4) is 0 Å². The number of carbonyl (C=O) groups is 1. The Bertz CT molecular complexity index is 1010. The Labute approximate surface area is 187 Å². The summed E-state index contributed by atoms with van der Waals surface area (Å²) in [4.78, 5) is 18.6. The monoisotopic (exact) mass is 436 g/mol. The topological polar surface area (TPSA) is 23.6 Å². The van der Waals surface area contributed by atoms with Crippen LogP contribution in [0, 0.1) is 6.92 Å². The molecule has 30 heavy (non-hydrogen) atoms. The van der Waals surface area contributed by atoms with Crippen molar-refractivity contribution >= 4 is 35.0 Å². The van der Waals surface area contributed by atoms with Crippen molar-refractivity contribution in [3.05, 3.63) is 94.5 Å². The van der Waals surface area contributed by atoms with E-state index in [0.717, 1.165) is 48.1 Å². The molecule has 0 radical (unpaired) electrons. The van der Waals surface area contributed by atoms with Crippen LogP contribution in [0.5, 0.6) is 0 Å². The number of rotatable bonds is 5. The maximum absolute atomic E-state index is 13.1. The first-order valence-electron chi connectivity index (χ1n) is 10.2. The van der Waals surface area contributed by atoms with Gasteiger partial charge in [-0.25, -0.2) is 0 Å². The van der Waals surface area contributed by atoms with Gasteiger partial charge in [0.15, 0.2) is 0 Å². The fourth-order valence-corrected chi connectivity index (χ4v) is 4.71. The van der Waals surface area contributed by atoms with E-state index >= 15 is 0 Å². The van der Waals surface area contributed by atoms with Gasteiger partial charge >= 0.3 is 0 Å². The molecule has 1 heterocycles. The Morgan fingerprint density at radius 2 is 1.67 bits per heavy atom. The number of para-hydroxylation sites is 1. The maximum Gasteiger partial charge on any atom is 0.253 e. The molecule has 1 aliphatic rings. The van der Waals surface area contributed by atoms with Crippen molar-refractivity contribution in [1.29, 1.82) is 0 Å². The summed E-state index contributed by atoms with van der Waals surface area (Å²) in [5, 5.41) is 0.745. The van der Waals surface area contributed by atoms with E-state index in [0.29, 0.717) is 0 Å². The summed E-state index contributed by atoms with van der Waals surface area (Å²) in [6.45, 7) is 5.36. The first-order chi connectivity index (χ1) is 14.6. The van der Waals surface area contributed by atoms with Crippen LogP contribution in [0.4, 0.5) is 5.69 Å². The molecule has 3 nitrogen and oxygen atoms in total. The minimum Gasteiger partial charge on any atom is -0.368 e. The van der Waals surface area contributed by atoms with E-state index in [4.69, 9.17) is 11.6 Å². The predicted molar refractivity (Wildman–Crippen MR) is 127 cm³/mol. The zero-order chi connectivity index (χ0) is 20.9. The number of thioether (sulfide) groups is 1. The van der Waals surface area contributed by atoms with Crippen molar-refractivity contribution in [1.82, 2.24) is 4.90 Å². The Hall–Kier alpha value is -2.43. The largest absolute Gasteiger partial charge is 0.368 e. The number of benzene rings is 3. The quantitative estimate of drug-likeness (QED) is 0.465. The van der Waals surface area contributed by atoms with E-state index in [2.05, 4.69) is 42.2 Å². The highest BCUT2D eigenvalue weighted by molar-refractivity contribution is 7.98. The van der Waals surface area contributed by atoms with Gasteiger partial charge in [0.05, 0.1) is 0 Å². The number of aryl methyl sites for hydroxylation is 1. The van der Waals surface area contributed by atoms with Crippen LogP contribution < -0.4 is 4.90 Å². The molecule has 1 amide bonds. The first-order valence-corrected chi connectivity index (χ1v) is 11.5. The molecule has 4 rings (SSSR count). The Morgan fingerprint density at radius 1 is 0.933 bits per heavy atom. The molecule has 0 aliphatic carbocycles. The van der Waals surface area contributed by atoms with Gasteiger partial charge in [-0.1, -0.05) is 41.9 Å². The Balaban J connectivity index is 1.36. The molecule has 0 spiro atoms. The zero-order valence-corrected chi connectivity index (χ0v) is 18.6. The van der Waals surface area contributed by atoms with E-state index in [-0.39, 0.29) is 5.91 Å². The maximum atomic E-state index is 13.1. The summed E-state index contributed by atoms with van der Waals surface area (Å²) in [5.41, 5.74) is 4.47. The number of carbonyl (C=O) groups excluding carboxylic acids is 1. The van der Waals surface area contributed by atoms with Gasteiger partial charge in [0, 0.05) is 53.1 Å². The van der Waals surface area contributed by atoms with Gasteiger partial charge < -0.3 is 9.80 Å². The molecule has 0 atom stereocenters. The number of halogens is 1. The number of piperazine rings is 1. The number of hydrogen-bond acceptors (Lipinski definition) is 3. The van der Waals surface area contributed by atoms with E-state index in [1.807, 2.05) is 47.4 Å². The molecule has 5 heteroatoms. The lowest BCUT2D eigenvalue weighted by Gasteiger charge is -2.36. The molecule has 0 bridgehead atoms. The fourth-order valence-electron chi connectivity index (χ4n) is 3.74. The number of hydrogen-bond donors (Lipinski definition) is 0. The molecule has 1 aliphatic heterocycles. The molecule has 0 N–H and O–H groups in total. The Kier molecular flexibility index (Phi) is 6.66. The number of anilines is 1. The standard InChI is InChI=1S/C25H25ClN2OS/c1-19-5-2-3-8-24(19)27-13-15-28(16-14-27)25(29)21-7-4-6-20(17-21)18-30-23-11-9-22(26)10-12-23/h2-12,17H,13-16,18H2,1H3. The smallest absolute Gasteiger partial charge is 0.253 e. The molecule has 0 aromatic heterocycles. The lowest BCUT2D eigenvalue weighted by Crippen LogP contribution is -2.49. The molecule has 1 saturated heterocycles. The number of nitrogens with zero attached hydrogens (tertiary/aromatic N) is 2. The summed E-state index contributed by atoms with van der Waals surface area (Å²) in [5.74, 6) is 0.946. The van der Waals surface area contributed by atoms with E-state index < -0.39 is 0 Å². The van der Waals surface area contributed by atoms with Crippen molar-refractivity contribution in [2.75, 3.05) is 31.1 Å². The second-order valence-corrected chi connectivity index (χ2v) is 8.99. The third-order valence-corrected chi connectivity index (χ3v) is 6.75. The molecule has 1 fully saturated rings. The second-order valence-electron chi connectivity index (χ2n) is 7.51. The third kappa shape index (κ3) is 5.00. The normalized spacial score (nSPS) is 14.1. The van der Waals surface area contributed by atoms with Crippen LogP contribution in [0.25, 0.3) is 0 Å². The molecular weight excluding hydrogens is 412 g/mol. The van der Waals surface area contributed by atoms with Gasteiger partial charge in [0.1, 0.15) is 0 Å². The van der Waals surface area contributed by atoms with Crippen LogP contribution in [-0.4, -0.2) is 37.0 Å². The molecule has 154 valence electrons. The molecule has 0 unspecified atom stereocenters. The van der Waals surface area contributed by atoms with Crippen molar-refractivity contribution < 1.29 is 4.79 Å². The van der Waals surface area contributed by atoms with Gasteiger partial charge in [0.25, 0.3) is 5.91 Å². The minimum atomic E-state index is 0.123. The zero-order valence-electron chi connectivity index (χ0n) is 17.1. The van der Waals surface area contributed by atoms with Crippen LogP contribution in [0.1, 0.15) is 21.5 Å². The summed E-state index contributed by atoms with van der Waals surface area (Å²) in [6, 6.07) is 24.3. The lowest BCUT2D eigenvalue weighted by atomic mass is 10.1. The average molecular weight is 437 g/mol. The predicted octanol–water partition coefficient (Wildman–Crippen LogP) is 5.90. The molecule has 0 saturated carbocycles. The first kappa shape index (κ1) is 20.8. The lowest BCUT2D eigenvalue weighted by molar-refractivity contribution is 0.0746. The van der Waals surface area contributed by atoms with Gasteiger partial charge in [-0.3, -0.25) is 4.79 Å². The van der Waals surface area contributed by atoms with Crippen molar-refractivity contribution in [2.45, 2.75) is 17.6 Å². The highest BCUT2D eigenvalue weighted by Crippen LogP contribution is 2.25. The van der Waals surface area contributed by atoms with Crippen molar-refractivity contribution in [3.8, 4) is 0 Å². The molecule has 3 aromatic rings. The van der Waals surface area contributed by atoms with Gasteiger partial charge in [-0.15, -0.1) is 11.8 Å². The minimum absolute atomic E-state index is 0.123. The van der Waals surface area contributed by atoms with E-state index in [1.54, 1.807) is 11.8 Å². The highest BCUT2D eigenvalue weighted by Gasteiger charge is 2.23. The molecular formula is C25H25ClN2OS. The van der Waals surface area contributed by atoms with Crippen LogP contribution in [0.15, 0.2) is 77.7 Å². The SMILES string of the molecule is Cc1ccccc1N1CCN(C(=O)c2cccc(CSc3ccc(Cl)cc3)c2)CC1. The van der Waals surface area contributed by atoms with Gasteiger partial charge in [-0.2, -0.15) is 0 Å². The fraction of sp³-hybridized carbons (Fsp3) is 0.240. The van der Waals surface area contributed by atoms with E-state index in [9.17, 15) is 4.79 Å². The summed E-state index contributed by atoms with van der Waals surface area (Å²) in [7, 11) is 0. The summed E-state index contributed by atoms with van der Waals surface area (Å²) >= 11 is 7.70. The molecule has 3 aromatic carbocycles. The second kappa shape index (κ2) is 9.59. The summed E-state index contributed by atoms with van der Waals surface area (Å²) in [6.07, 6.45) is 0. The highest BCUT2D eigenvalue weighted by atomic mass is 35.5. The van der Waals surface area contributed by atoms with Crippen molar-refractivity contribution in [3.63, 3.8) is 0 Å². The van der Waals surface area contributed by atoms with Crippen LogP contribution in [-0.2, 0) is 5.75 Å². The summed E-state index contributed by atoms with van der Waals surface area (Å²) < 4.78 is 0. The number of amides is 1. The third-order valence-electron chi connectivity index (χ3n) is 5.42. The van der Waals surface area contributed by atoms with Crippen LogP contribution in [0.2, 0.25) is 5.02 Å². The van der Waals surface area contributed by atoms with Gasteiger partial charge in [-0.05, 0) is 60.5 Å². The van der Waals surface area contributed by atoms with Gasteiger partial charge in [0.2, 0.25) is 0 Å². The average Bonchev–Trinajstić information content (AvgIpc) is 2.79. The van der Waals surface area contributed by atoms with E-state index in [1.165, 1.54) is 16.1 Å². The Morgan fingerprint density at radius 3 is 2.40 bits per heavy atom.